The summed E-state index contributed by atoms with van der Waals surface area (Å²) in [7, 11) is 1.51. The van der Waals surface area contributed by atoms with Gasteiger partial charge in [0.1, 0.15) is 12.2 Å². The fourth-order valence-corrected chi connectivity index (χ4v) is 4.52. The number of barbiturate groups is 1. The molecule has 1 fully saturated rings. The molecule has 0 atom stereocenters. The Morgan fingerprint density at radius 3 is 2.31 bits per heavy atom. The number of carbonyl (C=O) groups is 3. The normalized spacial score (nSPS) is 14.2. The minimum Gasteiger partial charge on any atom is -0.493 e. The van der Waals surface area contributed by atoms with Gasteiger partial charge in [-0.15, -0.1) is 0 Å². The van der Waals surface area contributed by atoms with Gasteiger partial charge < -0.3 is 18.9 Å². The Balaban J connectivity index is 1.58. The standard InChI is InChI=1S/C32H33ClN2O7/c1-5-13-41-26-12-11-22(16-27(26)39-4)18-35-31(37)24(30(36)34-32(35)38)14-23-15-25(33)29(28(17-23)40-6-2)42-19-21-9-7-20(3)8-10-21/h7-12,14-17H,5-6,13,18-19H2,1-4H3,(H,34,36,38)/b24-14+. The number of benzene rings is 3. The zero-order valence-corrected chi connectivity index (χ0v) is 24.7. The SMILES string of the molecule is CCCOc1ccc(CN2C(=O)NC(=O)/C(=C\c3cc(Cl)c(OCc4ccc(C)cc4)c(OCC)c3)C2=O)cc1OC. The van der Waals surface area contributed by atoms with E-state index in [4.69, 9.17) is 30.5 Å². The van der Waals surface area contributed by atoms with Gasteiger partial charge in [0.15, 0.2) is 23.0 Å². The molecule has 10 heteroatoms. The van der Waals surface area contributed by atoms with Crippen LogP contribution in [0.1, 0.15) is 42.5 Å². The van der Waals surface area contributed by atoms with Crippen LogP contribution in [0.5, 0.6) is 23.0 Å². The Hall–Kier alpha value is -4.50. The number of hydrogen-bond donors (Lipinski definition) is 1. The molecule has 0 spiro atoms. The topological polar surface area (TPSA) is 103 Å². The van der Waals surface area contributed by atoms with Crippen LogP contribution in [0.3, 0.4) is 0 Å². The maximum Gasteiger partial charge on any atom is 0.331 e. The average molecular weight is 593 g/mol. The minimum absolute atomic E-state index is 0.0869. The van der Waals surface area contributed by atoms with Crippen LogP contribution in [0.25, 0.3) is 6.08 Å². The first-order chi connectivity index (χ1) is 20.2. The molecule has 4 rings (SSSR count). The van der Waals surface area contributed by atoms with Gasteiger partial charge in [-0.1, -0.05) is 54.4 Å². The molecule has 220 valence electrons. The maximum absolute atomic E-state index is 13.4. The van der Waals surface area contributed by atoms with E-state index in [0.29, 0.717) is 47.3 Å². The number of urea groups is 1. The van der Waals surface area contributed by atoms with E-state index in [0.717, 1.165) is 22.4 Å². The van der Waals surface area contributed by atoms with Gasteiger partial charge in [-0.05, 0) is 67.3 Å². The molecule has 0 saturated carbocycles. The lowest BCUT2D eigenvalue weighted by Gasteiger charge is -2.26. The highest BCUT2D eigenvalue weighted by molar-refractivity contribution is 6.33. The van der Waals surface area contributed by atoms with Crippen molar-refractivity contribution in [2.75, 3.05) is 20.3 Å². The fourth-order valence-electron chi connectivity index (χ4n) is 4.24. The molecular weight excluding hydrogens is 560 g/mol. The lowest BCUT2D eigenvalue weighted by Crippen LogP contribution is -2.53. The molecule has 1 aliphatic heterocycles. The number of halogens is 1. The number of imide groups is 2. The van der Waals surface area contributed by atoms with E-state index in [1.54, 1.807) is 30.3 Å². The largest absolute Gasteiger partial charge is 0.493 e. The lowest BCUT2D eigenvalue weighted by molar-refractivity contribution is -0.130. The average Bonchev–Trinajstić information content (AvgIpc) is 2.97. The molecule has 1 heterocycles. The molecule has 1 aliphatic rings. The molecule has 4 amide bonds. The van der Waals surface area contributed by atoms with Crippen LogP contribution in [0, 0.1) is 6.92 Å². The molecule has 1 N–H and O–H groups in total. The van der Waals surface area contributed by atoms with Crippen molar-refractivity contribution in [2.45, 2.75) is 40.3 Å². The second-order valence-electron chi connectivity index (χ2n) is 9.58. The highest BCUT2D eigenvalue weighted by Gasteiger charge is 2.36. The lowest BCUT2D eigenvalue weighted by atomic mass is 10.1. The summed E-state index contributed by atoms with van der Waals surface area (Å²) in [6.45, 7) is 6.87. The van der Waals surface area contributed by atoms with Crippen molar-refractivity contribution in [2.24, 2.45) is 0 Å². The summed E-state index contributed by atoms with van der Waals surface area (Å²) in [5.41, 5.74) is 2.92. The number of hydrogen-bond acceptors (Lipinski definition) is 7. The van der Waals surface area contributed by atoms with Crippen molar-refractivity contribution >= 4 is 35.5 Å². The second-order valence-corrected chi connectivity index (χ2v) is 9.99. The number of nitrogens with zero attached hydrogens (tertiary/aromatic N) is 1. The zero-order valence-electron chi connectivity index (χ0n) is 24.0. The number of amides is 4. The van der Waals surface area contributed by atoms with Gasteiger partial charge in [0.05, 0.1) is 31.9 Å². The van der Waals surface area contributed by atoms with E-state index < -0.39 is 17.8 Å². The minimum atomic E-state index is -0.819. The van der Waals surface area contributed by atoms with Gasteiger partial charge in [-0.3, -0.25) is 19.8 Å². The zero-order chi connectivity index (χ0) is 30.2. The Morgan fingerprint density at radius 1 is 0.881 bits per heavy atom. The van der Waals surface area contributed by atoms with Gasteiger partial charge >= 0.3 is 6.03 Å². The van der Waals surface area contributed by atoms with Crippen LogP contribution in [-0.2, 0) is 22.7 Å². The molecule has 0 bridgehead atoms. The van der Waals surface area contributed by atoms with Gasteiger partial charge in [0.2, 0.25) is 0 Å². The Labute approximate surface area is 250 Å². The van der Waals surface area contributed by atoms with Crippen molar-refractivity contribution in [3.8, 4) is 23.0 Å². The molecule has 42 heavy (non-hydrogen) atoms. The third kappa shape index (κ3) is 7.22. The quantitative estimate of drug-likeness (QED) is 0.201. The molecule has 0 aromatic heterocycles. The van der Waals surface area contributed by atoms with E-state index in [9.17, 15) is 14.4 Å². The summed E-state index contributed by atoms with van der Waals surface area (Å²) in [5.74, 6) is 0.177. The predicted octanol–water partition coefficient (Wildman–Crippen LogP) is 6.09. The Kier molecular flexibility index (Phi) is 10.1. The van der Waals surface area contributed by atoms with Crippen molar-refractivity contribution in [3.05, 3.63) is 87.4 Å². The van der Waals surface area contributed by atoms with Gasteiger partial charge in [0.25, 0.3) is 11.8 Å². The van der Waals surface area contributed by atoms with Crippen molar-refractivity contribution < 1.29 is 33.3 Å². The number of carbonyl (C=O) groups excluding carboxylic acids is 3. The molecule has 0 aliphatic carbocycles. The summed E-state index contributed by atoms with van der Waals surface area (Å²) in [5, 5.41) is 2.48. The van der Waals surface area contributed by atoms with E-state index in [-0.39, 0.29) is 23.7 Å². The van der Waals surface area contributed by atoms with Crippen molar-refractivity contribution in [1.82, 2.24) is 10.2 Å². The van der Waals surface area contributed by atoms with Crippen LogP contribution in [0.2, 0.25) is 5.02 Å². The first-order valence-electron chi connectivity index (χ1n) is 13.6. The third-order valence-corrected chi connectivity index (χ3v) is 6.64. The van der Waals surface area contributed by atoms with Crippen LogP contribution < -0.4 is 24.3 Å². The smallest absolute Gasteiger partial charge is 0.331 e. The van der Waals surface area contributed by atoms with Gasteiger partial charge in [0, 0.05) is 0 Å². The number of rotatable bonds is 12. The molecule has 3 aromatic rings. The van der Waals surface area contributed by atoms with E-state index in [1.165, 1.54) is 13.2 Å². The van der Waals surface area contributed by atoms with Crippen molar-refractivity contribution in [3.63, 3.8) is 0 Å². The predicted molar refractivity (Wildman–Crippen MR) is 159 cm³/mol. The first-order valence-corrected chi connectivity index (χ1v) is 13.9. The Bertz CT molecular complexity index is 1500. The summed E-state index contributed by atoms with van der Waals surface area (Å²) >= 11 is 6.58. The molecule has 0 unspecified atom stereocenters. The summed E-state index contributed by atoms with van der Waals surface area (Å²) in [4.78, 5) is 39.7. The summed E-state index contributed by atoms with van der Waals surface area (Å²) in [6, 6.07) is 15.4. The molecule has 3 aromatic carbocycles. The van der Waals surface area contributed by atoms with Crippen LogP contribution in [0.4, 0.5) is 4.79 Å². The number of aryl methyl sites for hydroxylation is 1. The highest BCUT2D eigenvalue weighted by atomic mass is 35.5. The number of ether oxygens (including phenoxy) is 4. The van der Waals surface area contributed by atoms with Crippen LogP contribution in [-0.4, -0.2) is 43.1 Å². The fraction of sp³-hybridized carbons (Fsp3) is 0.281. The second kappa shape index (κ2) is 13.9. The monoisotopic (exact) mass is 592 g/mol. The summed E-state index contributed by atoms with van der Waals surface area (Å²) < 4.78 is 22.8. The van der Waals surface area contributed by atoms with E-state index in [2.05, 4.69) is 5.32 Å². The van der Waals surface area contributed by atoms with Crippen LogP contribution in [0.15, 0.2) is 60.2 Å². The molecule has 9 nitrogen and oxygen atoms in total. The number of nitrogens with one attached hydrogen (secondary N) is 1. The molecule has 0 radical (unpaired) electrons. The number of methoxy groups -OCH3 is 1. The summed E-state index contributed by atoms with van der Waals surface area (Å²) in [6.07, 6.45) is 2.20. The van der Waals surface area contributed by atoms with Gasteiger partial charge in [-0.25, -0.2) is 4.79 Å². The highest BCUT2D eigenvalue weighted by Crippen LogP contribution is 2.38. The van der Waals surface area contributed by atoms with E-state index in [1.807, 2.05) is 45.0 Å². The third-order valence-electron chi connectivity index (χ3n) is 6.36. The Morgan fingerprint density at radius 2 is 1.62 bits per heavy atom. The first kappa shape index (κ1) is 30.5. The van der Waals surface area contributed by atoms with E-state index >= 15 is 0 Å². The van der Waals surface area contributed by atoms with Crippen LogP contribution >= 0.6 is 11.6 Å². The van der Waals surface area contributed by atoms with Gasteiger partial charge in [-0.2, -0.15) is 0 Å². The molecule has 1 saturated heterocycles. The van der Waals surface area contributed by atoms with Crippen molar-refractivity contribution in [1.29, 1.82) is 0 Å². The molecular formula is C32H33ClN2O7. The maximum atomic E-state index is 13.4.